The molecule has 0 spiro atoms. The van der Waals surface area contributed by atoms with E-state index in [-0.39, 0.29) is 5.38 Å². The molecule has 3 nitrogen and oxygen atoms in total. The van der Waals surface area contributed by atoms with Gasteiger partial charge >= 0.3 is 0 Å². The van der Waals surface area contributed by atoms with Gasteiger partial charge in [-0.3, -0.25) is 4.68 Å². The van der Waals surface area contributed by atoms with Crippen LogP contribution in [-0.2, 0) is 11.3 Å². The fourth-order valence-electron chi connectivity index (χ4n) is 2.06. The number of alkyl halides is 1. The van der Waals surface area contributed by atoms with E-state index < -0.39 is 0 Å². The lowest BCUT2D eigenvalue weighted by atomic mass is 10.1. The SMILES string of the molecule is CCC(Cl)c1c(C)nn(CCOCC(C)C)c1C. The Balaban J connectivity index is 2.62. The van der Waals surface area contributed by atoms with E-state index in [1.807, 2.05) is 11.6 Å². The van der Waals surface area contributed by atoms with Gasteiger partial charge in [-0.15, -0.1) is 11.6 Å². The Morgan fingerprint density at radius 2 is 2.00 bits per heavy atom. The van der Waals surface area contributed by atoms with Crippen LogP contribution in [0.15, 0.2) is 0 Å². The number of rotatable bonds is 7. The molecule has 0 aliphatic rings. The van der Waals surface area contributed by atoms with Crippen LogP contribution in [-0.4, -0.2) is 23.0 Å². The topological polar surface area (TPSA) is 27.1 Å². The highest BCUT2D eigenvalue weighted by Crippen LogP contribution is 2.29. The minimum absolute atomic E-state index is 0.0651. The molecule has 0 saturated carbocycles. The van der Waals surface area contributed by atoms with Gasteiger partial charge in [-0.2, -0.15) is 5.10 Å². The summed E-state index contributed by atoms with van der Waals surface area (Å²) in [4.78, 5) is 0. The average Bonchev–Trinajstić information content (AvgIpc) is 2.59. The standard InChI is InChI=1S/C14H25ClN2O/c1-6-13(15)14-11(4)16-17(12(14)5)7-8-18-9-10(2)3/h10,13H,6-9H2,1-5H3. The second-order valence-electron chi connectivity index (χ2n) is 5.15. The summed E-state index contributed by atoms with van der Waals surface area (Å²) in [6, 6.07) is 0. The van der Waals surface area contributed by atoms with Crippen molar-refractivity contribution in [3.8, 4) is 0 Å². The number of halogens is 1. The van der Waals surface area contributed by atoms with Crippen LogP contribution in [0.4, 0.5) is 0 Å². The molecule has 1 aromatic rings. The maximum absolute atomic E-state index is 6.33. The van der Waals surface area contributed by atoms with Crippen molar-refractivity contribution in [2.45, 2.75) is 53.0 Å². The van der Waals surface area contributed by atoms with Crippen LogP contribution in [0.3, 0.4) is 0 Å². The maximum atomic E-state index is 6.33. The molecule has 0 bridgehead atoms. The highest BCUT2D eigenvalue weighted by molar-refractivity contribution is 6.20. The summed E-state index contributed by atoms with van der Waals surface area (Å²) in [5, 5.41) is 4.61. The molecular formula is C14H25ClN2O. The molecule has 0 N–H and O–H groups in total. The lowest BCUT2D eigenvalue weighted by Gasteiger charge is -2.09. The summed E-state index contributed by atoms with van der Waals surface area (Å²) in [6.07, 6.45) is 0.929. The number of ether oxygens (including phenoxy) is 1. The molecule has 1 heterocycles. The maximum Gasteiger partial charge on any atom is 0.0662 e. The molecule has 1 atom stereocenters. The molecule has 0 amide bonds. The van der Waals surface area contributed by atoms with E-state index in [0.717, 1.165) is 25.3 Å². The molecule has 0 radical (unpaired) electrons. The highest BCUT2D eigenvalue weighted by atomic mass is 35.5. The lowest BCUT2D eigenvalue weighted by molar-refractivity contribution is 0.100. The summed E-state index contributed by atoms with van der Waals surface area (Å²) in [6.45, 7) is 12.8. The fourth-order valence-corrected chi connectivity index (χ4v) is 2.37. The molecule has 104 valence electrons. The Morgan fingerprint density at radius 3 is 2.56 bits per heavy atom. The number of hydrogen-bond donors (Lipinski definition) is 0. The molecule has 18 heavy (non-hydrogen) atoms. The van der Waals surface area contributed by atoms with Gasteiger partial charge in [0.15, 0.2) is 0 Å². The second kappa shape index (κ2) is 7.15. The van der Waals surface area contributed by atoms with Crippen LogP contribution in [0.25, 0.3) is 0 Å². The van der Waals surface area contributed by atoms with Crippen molar-refractivity contribution in [1.29, 1.82) is 0 Å². The summed E-state index contributed by atoms with van der Waals surface area (Å²) in [7, 11) is 0. The first-order chi connectivity index (χ1) is 8.47. The zero-order valence-electron chi connectivity index (χ0n) is 12.2. The molecule has 0 fully saturated rings. The molecule has 1 unspecified atom stereocenters. The highest BCUT2D eigenvalue weighted by Gasteiger charge is 2.17. The number of aryl methyl sites for hydroxylation is 1. The minimum Gasteiger partial charge on any atom is -0.379 e. The molecule has 0 aliphatic carbocycles. The Morgan fingerprint density at radius 1 is 1.33 bits per heavy atom. The van der Waals surface area contributed by atoms with Gasteiger partial charge in [0.1, 0.15) is 0 Å². The first-order valence-corrected chi connectivity index (χ1v) is 7.16. The molecule has 1 aromatic heterocycles. The van der Waals surface area contributed by atoms with E-state index in [1.54, 1.807) is 0 Å². The fraction of sp³-hybridized carbons (Fsp3) is 0.786. The molecule has 0 aromatic carbocycles. The van der Waals surface area contributed by atoms with Gasteiger partial charge in [0.2, 0.25) is 0 Å². The van der Waals surface area contributed by atoms with Gasteiger partial charge in [-0.25, -0.2) is 0 Å². The van der Waals surface area contributed by atoms with E-state index in [9.17, 15) is 0 Å². The van der Waals surface area contributed by atoms with Crippen molar-refractivity contribution in [3.05, 3.63) is 17.0 Å². The Labute approximate surface area is 115 Å². The first kappa shape index (κ1) is 15.5. The third-order valence-corrected chi connectivity index (χ3v) is 3.53. The molecule has 0 saturated heterocycles. The van der Waals surface area contributed by atoms with E-state index in [2.05, 4.69) is 32.8 Å². The summed E-state index contributed by atoms with van der Waals surface area (Å²) >= 11 is 6.33. The van der Waals surface area contributed by atoms with Crippen LogP contribution in [0.5, 0.6) is 0 Å². The largest absolute Gasteiger partial charge is 0.379 e. The lowest BCUT2D eigenvalue weighted by Crippen LogP contribution is -2.11. The van der Waals surface area contributed by atoms with Gasteiger partial charge in [-0.05, 0) is 26.2 Å². The zero-order valence-corrected chi connectivity index (χ0v) is 12.9. The van der Waals surface area contributed by atoms with Crippen molar-refractivity contribution >= 4 is 11.6 Å². The molecule has 1 rings (SSSR count). The second-order valence-corrected chi connectivity index (χ2v) is 5.68. The van der Waals surface area contributed by atoms with Crippen LogP contribution in [0, 0.1) is 19.8 Å². The van der Waals surface area contributed by atoms with Crippen LogP contribution in [0.1, 0.15) is 49.5 Å². The summed E-state index contributed by atoms with van der Waals surface area (Å²) in [5.74, 6) is 0.577. The molecule has 0 aliphatic heterocycles. The average molecular weight is 273 g/mol. The van der Waals surface area contributed by atoms with Crippen molar-refractivity contribution < 1.29 is 4.74 Å². The molecular weight excluding hydrogens is 248 g/mol. The zero-order chi connectivity index (χ0) is 13.7. The number of nitrogens with zero attached hydrogens (tertiary/aromatic N) is 2. The normalized spacial score (nSPS) is 13.3. The van der Waals surface area contributed by atoms with Crippen molar-refractivity contribution in [2.24, 2.45) is 5.92 Å². The van der Waals surface area contributed by atoms with Gasteiger partial charge in [0, 0.05) is 17.9 Å². The third kappa shape index (κ3) is 3.99. The summed E-state index contributed by atoms with van der Waals surface area (Å²) in [5.41, 5.74) is 3.39. The third-order valence-electron chi connectivity index (χ3n) is 3.01. The van der Waals surface area contributed by atoms with Gasteiger partial charge in [-0.1, -0.05) is 20.8 Å². The van der Waals surface area contributed by atoms with Crippen LogP contribution in [0.2, 0.25) is 0 Å². The van der Waals surface area contributed by atoms with E-state index in [1.165, 1.54) is 11.3 Å². The van der Waals surface area contributed by atoms with Crippen LogP contribution < -0.4 is 0 Å². The Bertz CT molecular complexity index is 374. The smallest absolute Gasteiger partial charge is 0.0662 e. The van der Waals surface area contributed by atoms with E-state index in [0.29, 0.717) is 12.5 Å². The van der Waals surface area contributed by atoms with Gasteiger partial charge in [0.05, 0.1) is 24.2 Å². The van der Waals surface area contributed by atoms with Crippen LogP contribution >= 0.6 is 11.6 Å². The monoisotopic (exact) mass is 272 g/mol. The Hall–Kier alpha value is -0.540. The van der Waals surface area contributed by atoms with E-state index in [4.69, 9.17) is 16.3 Å². The van der Waals surface area contributed by atoms with Crippen molar-refractivity contribution in [1.82, 2.24) is 9.78 Å². The van der Waals surface area contributed by atoms with Crippen molar-refractivity contribution in [3.63, 3.8) is 0 Å². The predicted molar refractivity (Wildman–Crippen MR) is 76.2 cm³/mol. The Kier molecular flexibility index (Phi) is 6.16. The number of aromatic nitrogens is 2. The van der Waals surface area contributed by atoms with Crippen molar-refractivity contribution in [2.75, 3.05) is 13.2 Å². The first-order valence-electron chi connectivity index (χ1n) is 6.73. The molecule has 4 heteroatoms. The van der Waals surface area contributed by atoms with Gasteiger partial charge in [0.25, 0.3) is 0 Å². The van der Waals surface area contributed by atoms with E-state index >= 15 is 0 Å². The minimum atomic E-state index is 0.0651. The predicted octanol–water partition coefficient (Wildman–Crippen LogP) is 3.86. The quantitative estimate of drug-likeness (QED) is 0.557. The number of hydrogen-bond acceptors (Lipinski definition) is 2. The summed E-state index contributed by atoms with van der Waals surface area (Å²) < 4.78 is 7.61. The van der Waals surface area contributed by atoms with Gasteiger partial charge < -0.3 is 4.74 Å².